The SMILES string of the molecule is Cn1cc(C#N)c(NC(=O)c2csc(I)c2)n1. The molecule has 86 valence electrons. The molecule has 5 nitrogen and oxygen atoms in total. The van der Waals surface area contributed by atoms with Gasteiger partial charge in [-0.05, 0) is 28.7 Å². The molecule has 0 aliphatic carbocycles. The Balaban J connectivity index is 2.21. The number of hydrogen-bond donors (Lipinski definition) is 1. The summed E-state index contributed by atoms with van der Waals surface area (Å²) in [6.07, 6.45) is 1.56. The third kappa shape index (κ3) is 2.65. The quantitative estimate of drug-likeness (QED) is 0.837. The highest BCUT2D eigenvalue weighted by atomic mass is 127. The van der Waals surface area contributed by atoms with Gasteiger partial charge in [0, 0.05) is 18.6 Å². The highest BCUT2D eigenvalue weighted by Gasteiger charge is 2.13. The zero-order chi connectivity index (χ0) is 12.4. The fourth-order valence-corrected chi connectivity index (χ4v) is 2.60. The minimum absolute atomic E-state index is 0.251. The second-order valence-corrected chi connectivity index (χ2v) is 6.08. The highest BCUT2D eigenvalue weighted by molar-refractivity contribution is 14.1. The van der Waals surface area contributed by atoms with Crippen molar-refractivity contribution >= 4 is 45.7 Å². The summed E-state index contributed by atoms with van der Waals surface area (Å²) >= 11 is 3.64. The van der Waals surface area contributed by atoms with Gasteiger partial charge in [0.05, 0.1) is 8.45 Å². The molecule has 1 amide bonds. The number of thiophene rings is 1. The number of nitriles is 1. The summed E-state index contributed by atoms with van der Waals surface area (Å²) in [6.45, 7) is 0. The molecule has 0 radical (unpaired) electrons. The van der Waals surface area contributed by atoms with E-state index < -0.39 is 0 Å². The summed E-state index contributed by atoms with van der Waals surface area (Å²) in [5.41, 5.74) is 0.930. The maximum Gasteiger partial charge on any atom is 0.257 e. The largest absolute Gasteiger partial charge is 0.304 e. The standard InChI is InChI=1S/C10H7IN4OS/c1-15-4-7(3-12)9(14-15)13-10(16)6-2-8(11)17-5-6/h2,4-5H,1H3,(H,13,14,16). The summed E-state index contributed by atoms with van der Waals surface area (Å²) in [6, 6.07) is 3.77. The fourth-order valence-electron chi connectivity index (χ4n) is 1.27. The van der Waals surface area contributed by atoms with Crippen LogP contribution in [0.2, 0.25) is 0 Å². The normalized spacial score (nSPS) is 9.94. The number of carbonyl (C=O) groups excluding carboxylic acids is 1. The van der Waals surface area contributed by atoms with Crippen LogP contribution in [0.4, 0.5) is 5.82 Å². The topological polar surface area (TPSA) is 70.7 Å². The molecule has 2 rings (SSSR count). The number of carbonyl (C=O) groups is 1. The lowest BCUT2D eigenvalue weighted by atomic mass is 10.3. The monoisotopic (exact) mass is 358 g/mol. The van der Waals surface area contributed by atoms with Gasteiger partial charge in [-0.15, -0.1) is 11.3 Å². The lowest BCUT2D eigenvalue weighted by Crippen LogP contribution is -2.12. The average molecular weight is 358 g/mol. The van der Waals surface area contributed by atoms with E-state index in [1.807, 2.05) is 6.07 Å². The van der Waals surface area contributed by atoms with E-state index in [0.29, 0.717) is 16.9 Å². The van der Waals surface area contributed by atoms with E-state index in [4.69, 9.17) is 5.26 Å². The van der Waals surface area contributed by atoms with Crippen molar-refractivity contribution < 1.29 is 4.79 Å². The number of rotatable bonds is 2. The van der Waals surface area contributed by atoms with E-state index >= 15 is 0 Å². The summed E-state index contributed by atoms with van der Waals surface area (Å²) in [5, 5.41) is 17.3. The molecule has 0 aliphatic heterocycles. The van der Waals surface area contributed by atoms with Crippen LogP contribution in [0, 0.1) is 14.2 Å². The maximum absolute atomic E-state index is 11.8. The van der Waals surface area contributed by atoms with Crippen molar-refractivity contribution in [1.29, 1.82) is 5.26 Å². The minimum atomic E-state index is -0.251. The zero-order valence-electron chi connectivity index (χ0n) is 8.77. The molecule has 0 saturated carbocycles. The number of nitrogens with one attached hydrogen (secondary N) is 1. The van der Waals surface area contributed by atoms with E-state index in [1.54, 1.807) is 24.7 Å². The third-order valence-corrected chi connectivity index (χ3v) is 3.80. The molecular weight excluding hydrogens is 351 g/mol. The van der Waals surface area contributed by atoms with Gasteiger partial charge in [-0.1, -0.05) is 0 Å². The molecule has 2 aromatic rings. The molecule has 0 atom stereocenters. The molecule has 7 heteroatoms. The van der Waals surface area contributed by atoms with Gasteiger partial charge in [0.1, 0.15) is 11.6 Å². The first-order chi connectivity index (χ1) is 8.10. The fraction of sp³-hybridized carbons (Fsp3) is 0.100. The summed E-state index contributed by atoms with van der Waals surface area (Å²) in [5.74, 6) is 0.0422. The van der Waals surface area contributed by atoms with Crippen LogP contribution < -0.4 is 5.32 Å². The maximum atomic E-state index is 11.8. The molecule has 0 fully saturated rings. The van der Waals surface area contributed by atoms with E-state index in [-0.39, 0.29) is 5.91 Å². The van der Waals surface area contributed by atoms with Gasteiger partial charge in [0.15, 0.2) is 5.82 Å². The Kier molecular flexibility index (Phi) is 3.44. The number of hydrogen-bond acceptors (Lipinski definition) is 4. The molecule has 2 aromatic heterocycles. The van der Waals surface area contributed by atoms with Crippen LogP contribution in [-0.4, -0.2) is 15.7 Å². The predicted octanol–water partition coefficient (Wildman–Crippen LogP) is 2.21. The van der Waals surface area contributed by atoms with E-state index in [1.165, 1.54) is 16.0 Å². The molecule has 0 spiro atoms. The average Bonchev–Trinajstić information content (AvgIpc) is 2.85. The van der Waals surface area contributed by atoms with Crippen LogP contribution in [0.3, 0.4) is 0 Å². The Bertz CT molecular complexity index is 610. The van der Waals surface area contributed by atoms with Crippen molar-refractivity contribution in [3.8, 4) is 6.07 Å². The Morgan fingerprint density at radius 2 is 2.47 bits per heavy atom. The van der Waals surface area contributed by atoms with Crippen molar-refractivity contribution in [3.63, 3.8) is 0 Å². The molecule has 0 saturated heterocycles. The van der Waals surface area contributed by atoms with Crippen LogP contribution in [-0.2, 0) is 7.05 Å². The lowest BCUT2D eigenvalue weighted by molar-refractivity contribution is 0.102. The van der Waals surface area contributed by atoms with Crippen molar-refractivity contribution in [2.75, 3.05) is 5.32 Å². The first-order valence-corrected chi connectivity index (χ1v) is 6.55. The van der Waals surface area contributed by atoms with Gasteiger partial charge in [-0.25, -0.2) is 0 Å². The van der Waals surface area contributed by atoms with Crippen LogP contribution in [0.15, 0.2) is 17.6 Å². The smallest absolute Gasteiger partial charge is 0.257 e. The zero-order valence-corrected chi connectivity index (χ0v) is 11.7. The Labute approximate surface area is 115 Å². The van der Waals surface area contributed by atoms with Crippen molar-refractivity contribution in [2.45, 2.75) is 0 Å². The summed E-state index contributed by atoms with van der Waals surface area (Å²) in [7, 11) is 1.70. The summed E-state index contributed by atoms with van der Waals surface area (Å²) in [4.78, 5) is 11.8. The van der Waals surface area contributed by atoms with Crippen molar-refractivity contribution in [1.82, 2.24) is 9.78 Å². The second kappa shape index (κ2) is 4.85. The van der Waals surface area contributed by atoms with Gasteiger partial charge < -0.3 is 5.32 Å². The van der Waals surface area contributed by atoms with Gasteiger partial charge in [0.2, 0.25) is 0 Å². The number of nitrogens with zero attached hydrogens (tertiary/aromatic N) is 3. The van der Waals surface area contributed by atoms with Crippen LogP contribution in [0.25, 0.3) is 0 Å². The van der Waals surface area contributed by atoms with Gasteiger partial charge >= 0.3 is 0 Å². The van der Waals surface area contributed by atoms with Gasteiger partial charge in [0.25, 0.3) is 5.91 Å². The van der Waals surface area contributed by atoms with Crippen molar-refractivity contribution in [3.05, 3.63) is 31.7 Å². The second-order valence-electron chi connectivity index (χ2n) is 3.27. The highest BCUT2D eigenvalue weighted by Crippen LogP contribution is 2.18. The molecule has 0 aliphatic rings. The Morgan fingerprint density at radius 3 is 3.06 bits per heavy atom. The molecule has 2 heterocycles. The first-order valence-electron chi connectivity index (χ1n) is 4.59. The number of anilines is 1. The molecule has 0 bridgehead atoms. The summed E-state index contributed by atoms with van der Waals surface area (Å²) < 4.78 is 2.53. The first kappa shape index (κ1) is 12.1. The number of aromatic nitrogens is 2. The molecule has 0 aromatic carbocycles. The third-order valence-electron chi connectivity index (χ3n) is 2.01. The number of halogens is 1. The van der Waals surface area contributed by atoms with Gasteiger partial charge in [-0.2, -0.15) is 10.4 Å². The minimum Gasteiger partial charge on any atom is -0.304 e. The number of aryl methyl sites for hydroxylation is 1. The lowest BCUT2D eigenvalue weighted by Gasteiger charge is -1.99. The Morgan fingerprint density at radius 1 is 1.71 bits per heavy atom. The van der Waals surface area contributed by atoms with E-state index in [0.717, 1.165) is 2.88 Å². The Hall–Kier alpha value is -1.40. The van der Waals surface area contributed by atoms with Crippen LogP contribution in [0.1, 0.15) is 15.9 Å². The number of amides is 1. The van der Waals surface area contributed by atoms with Gasteiger partial charge in [-0.3, -0.25) is 9.48 Å². The van der Waals surface area contributed by atoms with Crippen molar-refractivity contribution in [2.24, 2.45) is 7.05 Å². The predicted molar refractivity (Wildman–Crippen MR) is 72.9 cm³/mol. The molecular formula is C10H7IN4OS. The van der Waals surface area contributed by atoms with E-state index in [9.17, 15) is 4.79 Å². The van der Waals surface area contributed by atoms with Crippen LogP contribution >= 0.6 is 33.9 Å². The molecule has 0 unspecified atom stereocenters. The van der Waals surface area contributed by atoms with E-state index in [2.05, 4.69) is 33.0 Å². The molecule has 17 heavy (non-hydrogen) atoms. The molecule has 1 N–H and O–H groups in total. The van der Waals surface area contributed by atoms with Crippen LogP contribution in [0.5, 0.6) is 0 Å².